The number of nitrogens with zero attached hydrogens (tertiary/aromatic N) is 2. The molecule has 13 heavy (non-hydrogen) atoms. The summed E-state index contributed by atoms with van der Waals surface area (Å²) in [7, 11) is 0. The Morgan fingerprint density at radius 3 is 2.31 bits per heavy atom. The molecule has 0 radical (unpaired) electrons. The van der Waals surface area contributed by atoms with E-state index in [1.807, 2.05) is 0 Å². The van der Waals surface area contributed by atoms with E-state index in [9.17, 15) is 0 Å². The van der Waals surface area contributed by atoms with Gasteiger partial charge in [-0.05, 0) is 0 Å². The van der Waals surface area contributed by atoms with E-state index >= 15 is 0 Å². The molecule has 0 bridgehead atoms. The quantitative estimate of drug-likeness (QED) is 0.367. The van der Waals surface area contributed by atoms with Gasteiger partial charge in [-0.25, -0.2) is 0 Å². The second-order valence-electron chi connectivity index (χ2n) is 3.06. The molecule has 0 aromatic heterocycles. The maximum Gasteiger partial charge on any atom is 0 e. The van der Waals surface area contributed by atoms with Crippen LogP contribution in [0, 0.1) is 5.92 Å². The molecule has 0 N–H and O–H groups in total. The summed E-state index contributed by atoms with van der Waals surface area (Å²) >= 11 is 1.32. The van der Waals surface area contributed by atoms with Crippen LogP contribution in [-0.2, 0) is 61.8 Å². The molecule has 0 aliphatic carbocycles. The molecule has 0 heterocycles. The number of hydrogen-bond donors (Lipinski definition) is 0. The van der Waals surface area contributed by atoms with Gasteiger partial charge < -0.3 is 0 Å². The van der Waals surface area contributed by atoms with Crippen molar-refractivity contribution in [2.75, 3.05) is 19.6 Å². The fourth-order valence-corrected chi connectivity index (χ4v) is 1.13. The Bertz CT molecular complexity index is 99.4. The molecular formula is C8H17N2W3-. The number of rotatable bonds is 7. The summed E-state index contributed by atoms with van der Waals surface area (Å²) in [6.07, 6.45) is 2.55. The minimum absolute atomic E-state index is 0. The van der Waals surface area contributed by atoms with Crippen LogP contribution in [0.5, 0.6) is 0 Å². The molecule has 0 aliphatic heterocycles. The molecule has 2 nitrogen and oxygen atoms in total. The van der Waals surface area contributed by atoms with Gasteiger partial charge in [-0.15, -0.1) is 0 Å². The van der Waals surface area contributed by atoms with E-state index in [0.29, 0.717) is 0 Å². The van der Waals surface area contributed by atoms with Crippen molar-refractivity contribution in [2.24, 2.45) is 9.41 Å². The third kappa shape index (κ3) is 20.0. The summed E-state index contributed by atoms with van der Waals surface area (Å²) in [5, 5.41) is 4.35. The van der Waals surface area contributed by atoms with Gasteiger partial charge in [0.15, 0.2) is 0 Å². The Balaban J connectivity index is -0.000000500. The van der Waals surface area contributed by atoms with Crippen LogP contribution < -0.4 is 0 Å². The van der Waals surface area contributed by atoms with Gasteiger partial charge in [0.25, 0.3) is 0 Å². The van der Waals surface area contributed by atoms with Crippen LogP contribution in [0.3, 0.4) is 0 Å². The van der Waals surface area contributed by atoms with Gasteiger partial charge in [0.1, 0.15) is 0 Å². The zero-order valence-corrected chi connectivity index (χ0v) is 17.0. The van der Waals surface area contributed by atoms with Crippen molar-refractivity contribution in [1.82, 2.24) is 0 Å². The van der Waals surface area contributed by atoms with E-state index in [-0.39, 0.29) is 42.1 Å². The van der Waals surface area contributed by atoms with E-state index in [2.05, 4.69) is 22.7 Å². The maximum atomic E-state index is 4.35. The van der Waals surface area contributed by atoms with Gasteiger partial charge in [-0.3, -0.25) is 0 Å². The third-order valence-electron chi connectivity index (χ3n) is 1.45. The molecular weight excluding hydrogens is 676 g/mol. The van der Waals surface area contributed by atoms with Crippen molar-refractivity contribution in [3.05, 3.63) is 5.32 Å². The van der Waals surface area contributed by atoms with Crippen LogP contribution in [-0.4, -0.2) is 19.6 Å². The third-order valence-corrected chi connectivity index (χ3v) is 2.10. The summed E-state index contributed by atoms with van der Waals surface area (Å²) < 4.78 is 4.06. The Labute approximate surface area is 122 Å². The van der Waals surface area contributed by atoms with Gasteiger partial charge in [0, 0.05) is 42.1 Å². The molecule has 0 unspecified atom stereocenters. The molecule has 0 aromatic carbocycles. The Hall–Kier alpha value is 1.82. The second kappa shape index (κ2) is 16.3. The SMILES string of the molecule is CC(C)CCC[N-]CC[N]=[W].[W].[W]. The molecule has 78 valence electrons. The fourth-order valence-electron chi connectivity index (χ4n) is 0.835. The van der Waals surface area contributed by atoms with Crippen molar-refractivity contribution in [1.29, 1.82) is 0 Å². The molecule has 0 fully saturated rings. The van der Waals surface area contributed by atoms with Crippen molar-refractivity contribution < 1.29 is 61.8 Å². The second-order valence-corrected chi connectivity index (χ2v) is 3.99. The maximum absolute atomic E-state index is 4.35. The van der Waals surface area contributed by atoms with E-state index in [4.69, 9.17) is 0 Å². The van der Waals surface area contributed by atoms with Gasteiger partial charge >= 0.3 is 80.7 Å². The zero-order valence-electron chi connectivity index (χ0n) is 8.23. The first-order valence-corrected chi connectivity index (χ1v) is 5.51. The van der Waals surface area contributed by atoms with Crippen LogP contribution in [0.1, 0.15) is 26.7 Å². The van der Waals surface area contributed by atoms with Crippen molar-refractivity contribution in [3.63, 3.8) is 0 Å². The first kappa shape index (κ1) is 20.3. The summed E-state index contributed by atoms with van der Waals surface area (Å²) in [5.41, 5.74) is 0. The number of hydrogen-bond acceptors (Lipinski definition) is 1. The van der Waals surface area contributed by atoms with Gasteiger partial charge in [-0.2, -0.15) is 0 Å². The smallest absolute Gasteiger partial charge is 0 e. The van der Waals surface area contributed by atoms with Crippen molar-refractivity contribution in [3.8, 4) is 0 Å². The first-order valence-electron chi connectivity index (χ1n) is 4.19. The molecule has 0 spiro atoms. The summed E-state index contributed by atoms with van der Waals surface area (Å²) in [6.45, 7) is 7.40. The van der Waals surface area contributed by atoms with Crippen LogP contribution in [0.2, 0.25) is 0 Å². The largest absolute Gasteiger partial charge is 0 e. The first-order chi connectivity index (χ1) is 5.27. The summed E-state index contributed by atoms with van der Waals surface area (Å²) in [5.74, 6) is 0.825. The van der Waals surface area contributed by atoms with Crippen LogP contribution in [0.4, 0.5) is 0 Å². The van der Waals surface area contributed by atoms with E-state index < -0.39 is 0 Å². The van der Waals surface area contributed by atoms with Crippen molar-refractivity contribution in [2.45, 2.75) is 26.7 Å². The molecule has 0 atom stereocenters. The van der Waals surface area contributed by atoms with E-state index in [0.717, 1.165) is 25.6 Å². The predicted molar refractivity (Wildman–Crippen MR) is 44.5 cm³/mol. The molecule has 0 amide bonds. The van der Waals surface area contributed by atoms with Crippen LogP contribution >= 0.6 is 0 Å². The molecule has 5 heteroatoms. The zero-order chi connectivity index (χ0) is 8.53. The minimum atomic E-state index is 0. The van der Waals surface area contributed by atoms with E-state index in [1.54, 1.807) is 0 Å². The average molecular weight is 693 g/mol. The fraction of sp³-hybridized carbons (Fsp3) is 1.00. The van der Waals surface area contributed by atoms with Crippen LogP contribution in [0.25, 0.3) is 5.32 Å². The molecule has 0 saturated heterocycles. The average Bonchev–Trinajstić information content (AvgIpc) is 1.96. The predicted octanol–water partition coefficient (Wildman–Crippen LogP) is 2.52. The summed E-state index contributed by atoms with van der Waals surface area (Å²) in [4.78, 5) is 0. The molecule has 0 rings (SSSR count). The molecule has 0 saturated carbocycles. The Kier molecular flexibility index (Phi) is 25.3. The normalized spacial score (nSPS) is 8.85. The molecule has 0 aliphatic rings. The van der Waals surface area contributed by atoms with Crippen LogP contribution in [0.15, 0.2) is 3.50 Å². The Morgan fingerprint density at radius 1 is 1.23 bits per heavy atom. The van der Waals surface area contributed by atoms with Crippen molar-refractivity contribution >= 4 is 0 Å². The van der Waals surface area contributed by atoms with E-state index in [1.165, 1.54) is 32.5 Å². The van der Waals surface area contributed by atoms with Gasteiger partial charge in [0.2, 0.25) is 0 Å². The monoisotopic (exact) mass is 693 g/mol. The standard InChI is InChI=1S/C8H17N2.3W/c1-8(2)4-3-6-10-7-5-9;;;/h8H,3-7H2,1-2H3;;;/q-1;;;. The topological polar surface area (TPSA) is 26.5 Å². The van der Waals surface area contributed by atoms with Gasteiger partial charge in [0.05, 0.1) is 0 Å². The Morgan fingerprint density at radius 2 is 1.85 bits per heavy atom. The minimum Gasteiger partial charge on any atom is 0 e. The van der Waals surface area contributed by atoms with Gasteiger partial charge in [-0.1, -0.05) is 0 Å². The summed E-state index contributed by atoms with van der Waals surface area (Å²) in [6, 6.07) is 0. The molecule has 0 aromatic rings.